The number of nitrogens with two attached hydrogens (primary N) is 1. The molecule has 0 aliphatic carbocycles. The average molecular weight is 166 g/mol. The highest BCUT2D eigenvalue weighted by Gasteiger charge is 2.09. The Morgan fingerprint density at radius 2 is 2.67 bits per heavy atom. The van der Waals surface area contributed by atoms with Crippen molar-refractivity contribution in [3.8, 4) is 0 Å². The maximum absolute atomic E-state index is 5.35. The summed E-state index contributed by atoms with van der Waals surface area (Å²) >= 11 is 0. The van der Waals surface area contributed by atoms with Gasteiger partial charge in [-0.2, -0.15) is 0 Å². The zero-order valence-corrected chi connectivity index (χ0v) is 7.20. The highest BCUT2D eigenvalue weighted by molar-refractivity contribution is 5.04. The molecule has 1 rings (SSSR count). The first-order valence-electron chi connectivity index (χ1n) is 3.82. The molecule has 12 heavy (non-hydrogen) atoms. The van der Waals surface area contributed by atoms with Crippen LogP contribution in [0, 0.1) is 0 Å². The monoisotopic (exact) mass is 166 g/mol. The first kappa shape index (κ1) is 8.96. The van der Waals surface area contributed by atoms with Gasteiger partial charge in [-0.15, -0.1) is 6.58 Å². The average Bonchev–Trinajstić information content (AvgIpc) is 2.47. The van der Waals surface area contributed by atoms with Gasteiger partial charge >= 0.3 is 0 Å². The van der Waals surface area contributed by atoms with Crippen molar-refractivity contribution < 1.29 is 0 Å². The summed E-state index contributed by atoms with van der Waals surface area (Å²) in [6, 6.07) is 0.0729. The van der Waals surface area contributed by atoms with Crippen molar-refractivity contribution in [2.75, 3.05) is 0 Å². The van der Waals surface area contributed by atoms with Gasteiger partial charge in [0, 0.05) is 13.2 Å². The molecule has 0 spiro atoms. The molecule has 1 aromatic heterocycles. The standard InChI is InChI=1S/C8H14N4/c1-3-4-7(11-9)8-5-12(2)6-10-8/h3,5-7,11H,1,4,9H2,2H3. The molecule has 0 saturated carbocycles. The normalized spacial score (nSPS) is 12.8. The van der Waals surface area contributed by atoms with E-state index >= 15 is 0 Å². The molecule has 66 valence electrons. The molecule has 0 radical (unpaired) electrons. The number of imidazole rings is 1. The predicted molar refractivity (Wildman–Crippen MR) is 48.1 cm³/mol. The summed E-state index contributed by atoms with van der Waals surface area (Å²) in [5, 5.41) is 0. The molecule has 0 saturated heterocycles. The van der Waals surface area contributed by atoms with Crippen LogP contribution in [-0.2, 0) is 7.05 Å². The quantitative estimate of drug-likeness (QED) is 0.389. The highest BCUT2D eigenvalue weighted by Crippen LogP contribution is 2.12. The van der Waals surface area contributed by atoms with E-state index in [4.69, 9.17) is 5.84 Å². The number of aromatic nitrogens is 2. The minimum absolute atomic E-state index is 0.0729. The molecule has 0 amide bonds. The lowest BCUT2D eigenvalue weighted by Gasteiger charge is -2.09. The number of aryl methyl sites for hydroxylation is 1. The van der Waals surface area contributed by atoms with Gasteiger partial charge in [-0.3, -0.25) is 11.3 Å². The largest absolute Gasteiger partial charge is 0.340 e. The van der Waals surface area contributed by atoms with Crippen LogP contribution in [0.4, 0.5) is 0 Å². The molecule has 3 N–H and O–H groups in total. The van der Waals surface area contributed by atoms with Crippen LogP contribution in [0.2, 0.25) is 0 Å². The van der Waals surface area contributed by atoms with Gasteiger partial charge in [-0.05, 0) is 6.42 Å². The summed E-state index contributed by atoms with van der Waals surface area (Å²) in [4.78, 5) is 4.18. The molecule has 0 fully saturated rings. The Morgan fingerprint density at radius 1 is 1.92 bits per heavy atom. The fourth-order valence-electron chi connectivity index (χ4n) is 1.05. The lowest BCUT2D eigenvalue weighted by atomic mass is 10.1. The van der Waals surface area contributed by atoms with E-state index in [0.29, 0.717) is 0 Å². The van der Waals surface area contributed by atoms with Crippen LogP contribution in [0.5, 0.6) is 0 Å². The fourth-order valence-corrected chi connectivity index (χ4v) is 1.05. The summed E-state index contributed by atoms with van der Waals surface area (Å²) in [5.74, 6) is 5.35. The maximum Gasteiger partial charge on any atom is 0.0947 e. The zero-order valence-electron chi connectivity index (χ0n) is 7.20. The van der Waals surface area contributed by atoms with Crippen molar-refractivity contribution in [3.63, 3.8) is 0 Å². The van der Waals surface area contributed by atoms with Crippen LogP contribution in [0.15, 0.2) is 25.2 Å². The molecular weight excluding hydrogens is 152 g/mol. The van der Waals surface area contributed by atoms with Crippen molar-refractivity contribution in [3.05, 3.63) is 30.9 Å². The van der Waals surface area contributed by atoms with Gasteiger partial charge in [-0.25, -0.2) is 4.98 Å². The third kappa shape index (κ3) is 1.93. The van der Waals surface area contributed by atoms with E-state index in [0.717, 1.165) is 12.1 Å². The fraction of sp³-hybridized carbons (Fsp3) is 0.375. The topological polar surface area (TPSA) is 55.9 Å². The van der Waals surface area contributed by atoms with Gasteiger partial charge in [0.1, 0.15) is 0 Å². The lowest BCUT2D eigenvalue weighted by Crippen LogP contribution is -2.27. The lowest BCUT2D eigenvalue weighted by molar-refractivity contribution is 0.549. The number of hydrogen-bond donors (Lipinski definition) is 2. The van der Waals surface area contributed by atoms with E-state index in [1.165, 1.54) is 0 Å². The Kier molecular flexibility index (Phi) is 3.01. The Balaban J connectivity index is 2.72. The predicted octanol–water partition coefficient (Wildman–Crippen LogP) is 0.501. The molecule has 1 heterocycles. The summed E-state index contributed by atoms with van der Waals surface area (Å²) in [6.45, 7) is 3.65. The SMILES string of the molecule is C=CCC(NN)c1cn(C)cn1. The smallest absolute Gasteiger partial charge is 0.0947 e. The number of hydrogen-bond acceptors (Lipinski definition) is 3. The van der Waals surface area contributed by atoms with Crippen molar-refractivity contribution in [2.45, 2.75) is 12.5 Å². The number of nitrogens with one attached hydrogen (secondary N) is 1. The minimum Gasteiger partial charge on any atom is -0.340 e. The second-order valence-electron chi connectivity index (χ2n) is 2.71. The highest BCUT2D eigenvalue weighted by atomic mass is 15.2. The van der Waals surface area contributed by atoms with Crippen LogP contribution >= 0.6 is 0 Å². The summed E-state index contributed by atoms with van der Waals surface area (Å²) in [5.41, 5.74) is 3.63. The number of rotatable bonds is 4. The number of nitrogens with zero attached hydrogens (tertiary/aromatic N) is 2. The van der Waals surface area contributed by atoms with Gasteiger partial charge in [-0.1, -0.05) is 6.08 Å². The Bertz CT molecular complexity index is 253. The maximum atomic E-state index is 5.35. The van der Waals surface area contributed by atoms with Crippen LogP contribution in [0.1, 0.15) is 18.2 Å². The summed E-state index contributed by atoms with van der Waals surface area (Å²) in [7, 11) is 1.93. The van der Waals surface area contributed by atoms with Gasteiger partial charge in [0.2, 0.25) is 0 Å². The van der Waals surface area contributed by atoms with Crippen LogP contribution in [0.25, 0.3) is 0 Å². The molecule has 0 aromatic carbocycles. The molecule has 0 aliphatic rings. The molecule has 0 bridgehead atoms. The van der Waals surface area contributed by atoms with Gasteiger partial charge in [0.15, 0.2) is 0 Å². The second-order valence-corrected chi connectivity index (χ2v) is 2.71. The third-order valence-corrected chi connectivity index (χ3v) is 1.69. The number of hydrazine groups is 1. The van der Waals surface area contributed by atoms with Crippen molar-refractivity contribution in [1.29, 1.82) is 0 Å². The van der Waals surface area contributed by atoms with Gasteiger partial charge < -0.3 is 4.57 Å². The first-order chi connectivity index (χ1) is 5.77. The van der Waals surface area contributed by atoms with Crippen LogP contribution < -0.4 is 11.3 Å². The minimum atomic E-state index is 0.0729. The molecule has 1 atom stereocenters. The van der Waals surface area contributed by atoms with E-state index in [9.17, 15) is 0 Å². The van der Waals surface area contributed by atoms with Crippen LogP contribution in [0.3, 0.4) is 0 Å². The van der Waals surface area contributed by atoms with Crippen LogP contribution in [-0.4, -0.2) is 9.55 Å². The first-order valence-corrected chi connectivity index (χ1v) is 3.82. The molecule has 0 aliphatic heterocycles. The second kappa shape index (κ2) is 4.04. The van der Waals surface area contributed by atoms with E-state index in [1.807, 2.05) is 23.9 Å². The van der Waals surface area contributed by atoms with Crippen molar-refractivity contribution in [1.82, 2.24) is 15.0 Å². The van der Waals surface area contributed by atoms with Gasteiger partial charge in [0.05, 0.1) is 18.1 Å². The third-order valence-electron chi connectivity index (χ3n) is 1.69. The zero-order chi connectivity index (χ0) is 8.97. The summed E-state index contributed by atoms with van der Waals surface area (Å²) < 4.78 is 1.89. The summed E-state index contributed by atoms with van der Waals surface area (Å²) in [6.07, 6.45) is 6.30. The van der Waals surface area contributed by atoms with E-state index in [-0.39, 0.29) is 6.04 Å². The molecule has 1 unspecified atom stereocenters. The molecular formula is C8H14N4. The van der Waals surface area contributed by atoms with Crippen molar-refractivity contribution >= 4 is 0 Å². The van der Waals surface area contributed by atoms with E-state index < -0.39 is 0 Å². The Hall–Kier alpha value is -1.13. The molecule has 4 heteroatoms. The van der Waals surface area contributed by atoms with Crippen molar-refractivity contribution in [2.24, 2.45) is 12.9 Å². The van der Waals surface area contributed by atoms with E-state index in [1.54, 1.807) is 6.33 Å². The molecule has 4 nitrogen and oxygen atoms in total. The van der Waals surface area contributed by atoms with Gasteiger partial charge in [0.25, 0.3) is 0 Å². The van der Waals surface area contributed by atoms with E-state index in [2.05, 4.69) is 17.0 Å². The Morgan fingerprint density at radius 3 is 3.08 bits per heavy atom. The molecule has 1 aromatic rings. The Labute approximate surface area is 72.1 Å².